The van der Waals surface area contributed by atoms with Crippen molar-refractivity contribution in [2.45, 2.75) is 52.6 Å². The standard InChI is InChI=1S/C56H63F3N12O5/c1-6-75-48-30-38(14-18-43(48)66-54-62-33-46-52(67-54)65-42-10-8-7-9-40(42)34(2)68(46)5)70-21-19-35(20-22-70)53(74)71-25-23-69(24-26-71)27-28-76-39-15-11-36(12-16-39)63-44-29-37(13-17-41(44)51(61)73)64-45-31-55(3,4)32-47(72)49(45)50(60)56(57,58)59/h7-18,29-30,33,35,60,63-64H,2,6,19-28,31-32H2,1,3-5H3,(H2,61,73)(H2,62,65,66,67). The van der Waals surface area contributed by atoms with E-state index in [9.17, 15) is 27.6 Å². The van der Waals surface area contributed by atoms with Crippen LogP contribution in [0.25, 0.3) is 5.70 Å². The van der Waals surface area contributed by atoms with Gasteiger partial charge in [-0.05, 0) is 92.3 Å². The molecule has 0 spiro atoms. The second-order valence-corrected chi connectivity index (χ2v) is 20.2. The topological polar surface area (TPSA) is 206 Å². The number of piperidine rings is 1. The Kier molecular flexibility index (Phi) is 15.3. The molecule has 4 aromatic carbocycles. The lowest BCUT2D eigenvalue weighted by Crippen LogP contribution is -2.52. The molecule has 20 heteroatoms. The molecule has 4 heterocycles. The van der Waals surface area contributed by atoms with Crippen LogP contribution in [0.2, 0.25) is 0 Å². The van der Waals surface area contributed by atoms with E-state index in [1.165, 1.54) is 18.2 Å². The van der Waals surface area contributed by atoms with E-state index in [2.05, 4.69) is 48.7 Å². The molecule has 1 aliphatic carbocycles. The number of nitrogens with zero attached hydrogens (tertiary/aromatic N) is 6. The first kappa shape index (κ1) is 52.7. The van der Waals surface area contributed by atoms with Crippen LogP contribution in [0.15, 0.2) is 109 Å². The van der Waals surface area contributed by atoms with Gasteiger partial charge in [-0.1, -0.05) is 38.6 Å². The molecule has 2 amide bonds. The lowest BCUT2D eigenvalue weighted by molar-refractivity contribution is -0.138. The minimum absolute atomic E-state index is 0.0163. The number of primary amides is 1. The van der Waals surface area contributed by atoms with Crippen LogP contribution >= 0.6 is 0 Å². The van der Waals surface area contributed by atoms with Crippen molar-refractivity contribution in [3.05, 3.63) is 120 Å². The molecular weight excluding hydrogens is 978 g/mol. The lowest BCUT2D eigenvalue weighted by atomic mass is 9.74. The van der Waals surface area contributed by atoms with Crippen molar-refractivity contribution in [3.63, 3.8) is 0 Å². The number of allylic oxidation sites excluding steroid dienone is 2. The first-order valence-corrected chi connectivity index (χ1v) is 25.4. The van der Waals surface area contributed by atoms with Crippen LogP contribution in [0.5, 0.6) is 11.5 Å². The Hall–Kier alpha value is -8.13. The third-order valence-electron chi connectivity index (χ3n) is 14.2. The molecule has 0 atom stereocenters. The summed E-state index contributed by atoms with van der Waals surface area (Å²) in [6.45, 7) is 15.6. The number of halogens is 3. The Bertz CT molecular complexity index is 3070. The molecule has 5 aromatic rings. The molecule has 0 saturated carbocycles. The van der Waals surface area contributed by atoms with E-state index in [-0.39, 0.29) is 41.6 Å². The van der Waals surface area contributed by atoms with Crippen LogP contribution in [0, 0.1) is 16.7 Å². The van der Waals surface area contributed by atoms with Gasteiger partial charge in [0, 0.05) is 111 Å². The molecule has 0 radical (unpaired) electrons. The molecule has 7 N–H and O–H groups in total. The van der Waals surface area contributed by atoms with Gasteiger partial charge in [0.25, 0.3) is 5.91 Å². The number of alkyl halides is 3. The van der Waals surface area contributed by atoms with Gasteiger partial charge >= 0.3 is 6.18 Å². The zero-order valence-corrected chi connectivity index (χ0v) is 43.1. The summed E-state index contributed by atoms with van der Waals surface area (Å²) < 4.78 is 53.2. The Labute approximate surface area is 439 Å². The molecule has 76 heavy (non-hydrogen) atoms. The first-order valence-electron chi connectivity index (χ1n) is 25.4. The summed E-state index contributed by atoms with van der Waals surface area (Å²) in [6, 6.07) is 25.6. The summed E-state index contributed by atoms with van der Waals surface area (Å²) in [7, 11) is 1.95. The van der Waals surface area contributed by atoms with E-state index < -0.39 is 34.6 Å². The summed E-state index contributed by atoms with van der Waals surface area (Å²) in [4.78, 5) is 57.1. The van der Waals surface area contributed by atoms with Gasteiger partial charge in [-0.15, -0.1) is 0 Å². The number of rotatable bonds is 16. The van der Waals surface area contributed by atoms with Crippen LogP contribution in [-0.4, -0.2) is 115 Å². The SMILES string of the molecule is C=C1c2ccccc2Nc2nc(Nc3ccc(N4CCC(C(=O)N5CCN(CCOc6ccc(Nc7cc(NC8=C(C(=N)C(F)(F)F)C(=O)CC(C)(C)C8)ccc7C(N)=O)cc6)CC5)CC4)cc3OCC)ncc2N1C. The van der Waals surface area contributed by atoms with Gasteiger partial charge in [-0.2, -0.15) is 18.2 Å². The number of piperazine rings is 1. The van der Waals surface area contributed by atoms with Crippen molar-refractivity contribution in [2.24, 2.45) is 17.1 Å². The van der Waals surface area contributed by atoms with Crippen molar-refractivity contribution in [3.8, 4) is 11.5 Å². The summed E-state index contributed by atoms with van der Waals surface area (Å²) in [5.74, 6) is 1.06. The van der Waals surface area contributed by atoms with Gasteiger partial charge in [-0.3, -0.25) is 24.7 Å². The summed E-state index contributed by atoms with van der Waals surface area (Å²) in [5.41, 5.74) is 9.26. The van der Waals surface area contributed by atoms with Crippen LogP contribution in [0.1, 0.15) is 62.4 Å². The lowest BCUT2D eigenvalue weighted by Gasteiger charge is -2.39. The zero-order chi connectivity index (χ0) is 53.9. The van der Waals surface area contributed by atoms with Crippen LogP contribution in [0.4, 0.5) is 64.7 Å². The maximum Gasteiger partial charge on any atom is 0.433 e. The van der Waals surface area contributed by atoms with Crippen molar-refractivity contribution in [2.75, 3.05) is 97.1 Å². The largest absolute Gasteiger partial charge is 0.492 e. The van der Waals surface area contributed by atoms with Crippen molar-refractivity contribution in [1.29, 1.82) is 5.41 Å². The number of nitrogens with one attached hydrogen (secondary N) is 5. The predicted molar refractivity (Wildman–Crippen MR) is 291 cm³/mol. The molecule has 3 aliphatic heterocycles. The van der Waals surface area contributed by atoms with E-state index in [1.54, 1.807) is 44.3 Å². The average Bonchev–Trinajstić information content (AvgIpc) is 3.49. The summed E-state index contributed by atoms with van der Waals surface area (Å²) in [6.07, 6.45) is -1.75. The number of para-hydroxylation sites is 1. The smallest absolute Gasteiger partial charge is 0.433 e. The number of carbonyl (C=O) groups is 3. The number of carbonyl (C=O) groups excluding carboxylic acids is 3. The number of ketones is 1. The highest BCUT2D eigenvalue weighted by molar-refractivity contribution is 6.24. The van der Waals surface area contributed by atoms with E-state index in [0.717, 1.165) is 73.0 Å². The van der Waals surface area contributed by atoms with Gasteiger partial charge in [-0.25, -0.2) is 4.98 Å². The molecular formula is C56H63F3N12O5. The van der Waals surface area contributed by atoms with Crippen molar-refractivity contribution in [1.82, 2.24) is 19.8 Å². The number of hydrogen-bond donors (Lipinski definition) is 6. The maximum atomic E-state index is 13.8. The second-order valence-electron chi connectivity index (χ2n) is 20.2. The zero-order valence-electron chi connectivity index (χ0n) is 43.1. The van der Waals surface area contributed by atoms with Gasteiger partial charge in [0.05, 0.1) is 35.3 Å². The van der Waals surface area contributed by atoms with Crippen molar-refractivity contribution >= 4 is 80.6 Å². The molecule has 9 rings (SSSR count). The third-order valence-corrected chi connectivity index (χ3v) is 14.2. The number of Topliss-reactive ketones (excluding diaryl/α,β-unsaturated/α-hetero) is 1. The molecule has 2 fully saturated rings. The fraction of sp³-hybridized carbons (Fsp3) is 0.357. The number of fused-ring (bicyclic) bond motifs is 2. The first-order chi connectivity index (χ1) is 36.3. The number of hydrogen-bond acceptors (Lipinski definition) is 15. The van der Waals surface area contributed by atoms with E-state index in [0.29, 0.717) is 67.5 Å². The molecule has 1 aromatic heterocycles. The number of amides is 2. The number of aromatic nitrogens is 2. The second kappa shape index (κ2) is 22.0. The van der Waals surface area contributed by atoms with Crippen molar-refractivity contribution < 1.29 is 37.0 Å². The molecule has 17 nitrogen and oxygen atoms in total. The van der Waals surface area contributed by atoms with Crippen LogP contribution in [0.3, 0.4) is 0 Å². The summed E-state index contributed by atoms with van der Waals surface area (Å²) in [5, 5.41) is 20.7. The highest BCUT2D eigenvalue weighted by Gasteiger charge is 2.44. The minimum atomic E-state index is -5.01. The Morgan fingerprint density at radius 3 is 2.33 bits per heavy atom. The normalized spacial score (nSPS) is 17.0. The van der Waals surface area contributed by atoms with E-state index >= 15 is 0 Å². The van der Waals surface area contributed by atoms with E-state index in [4.69, 9.17) is 25.6 Å². The highest BCUT2D eigenvalue weighted by Crippen LogP contribution is 2.42. The molecule has 0 bridgehead atoms. The Balaban J connectivity index is 0.732. The van der Waals surface area contributed by atoms with Gasteiger partial charge in [0.1, 0.15) is 29.5 Å². The average molecular weight is 1040 g/mol. The number of nitrogens with two attached hydrogens (primary N) is 1. The minimum Gasteiger partial charge on any atom is -0.492 e. The van der Waals surface area contributed by atoms with Crippen LogP contribution in [-0.2, 0) is 9.59 Å². The quantitative estimate of drug-likeness (QED) is 0.0509. The molecule has 398 valence electrons. The van der Waals surface area contributed by atoms with E-state index in [1.807, 2.05) is 60.2 Å². The Morgan fingerprint density at radius 2 is 1.62 bits per heavy atom. The van der Waals surface area contributed by atoms with Crippen LogP contribution < -0.4 is 46.3 Å². The summed E-state index contributed by atoms with van der Waals surface area (Å²) >= 11 is 0. The Morgan fingerprint density at radius 1 is 0.895 bits per heavy atom. The fourth-order valence-electron chi connectivity index (χ4n) is 10.2. The molecule has 0 unspecified atom stereocenters. The fourth-order valence-corrected chi connectivity index (χ4v) is 10.2. The predicted octanol–water partition coefficient (Wildman–Crippen LogP) is 9.70. The molecule has 2 saturated heterocycles. The number of anilines is 9. The third kappa shape index (κ3) is 11.9. The monoisotopic (exact) mass is 1040 g/mol. The van der Waals surface area contributed by atoms with Gasteiger partial charge in [0.2, 0.25) is 11.9 Å². The maximum absolute atomic E-state index is 13.8. The number of benzene rings is 4. The van der Waals surface area contributed by atoms with Gasteiger partial charge in [0.15, 0.2) is 11.6 Å². The molecule has 4 aliphatic rings. The van der Waals surface area contributed by atoms with Gasteiger partial charge < -0.3 is 51.2 Å². The highest BCUT2D eigenvalue weighted by atomic mass is 19.4. The number of ether oxygens (including phenoxy) is 2.